The van der Waals surface area contributed by atoms with Crippen molar-refractivity contribution >= 4 is 40.3 Å². The van der Waals surface area contributed by atoms with Crippen molar-refractivity contribution in [2.45, 2.75) is 12.1 Å². The van der Waals surface area contributed by atoms with E-state index in [1.165, 1.54) is 36.4 Å². The predicted octanol–water partition coefficient (Wildman–Crippen LogP) is 2.77. The molecule has 0 aliphatic heterocycles. The first-order chi connectivity index (χ1) is 12.3. The number of rotatable bonds is 6. The molecule has 0 saturated carbocycles. The third-order valence-electron chi connectivity index (χ3n) is 3.52. The second-order valence-corrected chi connectivity index (χ2v) is 6.13. The second-order valence-electron chi connectivity index (χ2n) is 5.31. The summed E-state index contributed by atoms with van der Waals surface area (Å²) in [5.41, 5.74) is 0.588. The van der Waals surface area contributed by atoms with E-state index in [2.05, 4.69) is 10.6 Å². The highest BCUT2D eigenvalue weighted by Crippen LogP contribution is 2.21. The highest BCUT2D eigenvalue weighted by atomic mass is 35.5. The average molecular weight is 400 g/mol. The smallest absolute Gasteiger partial charge is 0.269 e. The molecule has 0 radical (unpaired) electrons. The summed E-state index contributed by atoms with van der Waals surface area (Å²) in [6, 6.07) is 8.42. The molecule has 0 heterocycles. The van der Waals surface area contributed by atoms with Gasteiger partial charge in [-0.05, 0) is 48.1 Å². The maximum atomic E-state index is 13.4. The summed E-state index contributed by atoms with van der Waals surface area (Å²) >= 11 is 10.7. The number of nitrogens with one attached hydrogen (secondary N) is 2. The first kappa shape index (κ1) is 20.0. The molecule has 2 atom stereocenters. The monoisotopic (exact) mass is 399 g/mol. The van der Waals surface area contributed by atoms with Gasteiger partial charge in [-0.25, -0.2) is 4.39 Å². The van der Waals surface area contributed by atoms with Crippen LogP contribution in [0.4, 0.5) is 15.8 Å². The zero-order valence-corrected chi connectivity index (χ0v) is 14.8. The van der Waals surface area contributed by atoms with Gasteiger partial charge in [0.15, 0.2) is 5.11 Å². The maximum Gasteiger partial charge on any atom is 0.269 e. The number of hydrogen-bond acceptors (Lipinski definition) is 5. The second kappa shape index (κ2) is 8.86. The van der Waals surface area contributed by atoms with Gasteiger partial charge in [-0.1, -0.05) is 11.6 Å². The van der Waals surface area contributed by atoms with Gasteiger partial charge in [-0.2, -0.15) is 0 Å². The molecule has 0 fully saturated rings. The first-order valence-electron chi connectivity index (χ1n) is 7.37. The molecule has 0 spiro atoms. The third-order valence-corrected chi connectivity index (χ3v) is 4.04. The van der Waals surface area contributed by atoms with E-state index in [9.17, 15) is 24.7 Å². The van der Waals surface area contributed by atoms with E-state index in [-0.39, 0.29) is 15.8 Å². The van der Waals surface area contributed by atoms with Crippen molar-refractivity contribution in [2.24, 2.45) is 0 Å². The van der Waals surface area contributed by atoms with Crippen LogP contribution in [0.1, 0.15) is 11.7 Å². The number of aliphatic hydroxyl groups excluding tert-OH is 2. The number of benzene rings is 2. The number of nitro groups is 1. The predicted molar refractivity (Wildman–Crippen MR) is 99.7 cm³/mol. The van der Waals surface area contributed by atoms with E-state index in [1.807, 2.05) is 0 Å². The lowest BCUT2D eigenvalue weighted by Gasteiger charge is -2.24. The molecular weight excluding hydrogens is 385 g/mol. The summed E-state index contributed by atoms with van der Waals surface area (Å²) in [7, 11) is 0. The van der Waals surface area contributed by atoms with Gasteiger partial charge in [0.1, 0.15) is 11.9 Å². The number of nitro benzene ring substituents is 1. The van der Waals surface area contributed by atoms with Gasteiger partial charge < -0.3 is 20.8 Å². The Morgan fingerprint density at radius 1 is 1.31 bits per heavy atom. The van der Waals surface area contributed by atoms with Crippen LogP contribution in [-0.4, -0.2) is 32.9 Å². The quantitative estimate of drug-likeness (QED) is 0.336. The number of anilines is 1. The van der Waals surface area contributed by atoms with E-state index in [0.29, 0.717) is 11.3 Å². The molecule has 10 heteroatoms. The van der Waals surface area contributed by atoms with E-state index in [0.717, 1.165) is 6.07 Å². The largest absolute Gasteiger partial charge is 0.394 e. The van der Waals surface area contributed by atoms with Crippen molar-refractivity contribution in [3.63, 3.8) is 0 Å². The molecule has 138 valence electrons. The van der Waals surface area contributed by atoms with Gasteiger partial charge in [0, 0.05) is 17.8 Å². The molecule has 0 saturated heterocycles. The SMILES string of the molecule is O=[N+]([O-])c1ccc(C(O)C(CO)NC(=S)Nc2ccc(Cl)c(F)c2)cc1. The third kappa shape index (κ3) is 5.09. The molecule has 2 rings (SSSR count). The van der Waals surface area contributed by atoms with Gasteiger partial charge in [-0.3, -0.25) is 10.1 Å². The van der Waals surface area contributed by atoms with Crippen molar-refractivity contribution in [3.05, 3.63) is 69.0 Å². The Hall–Kier alpha value is -2.33. The summed E-state index contributed by atoms with van der Waals surface area (Å²) in [6.45, 7) is -0.463. The molecule has 2 unspecified atom stereocenters. The van der Waals surface area contributed by atoms with Gasteiger partial charge in [-0.15, -0.1) is 0 Å². The Morgan fingerprint density at radius 2 is 1.96 bits per heavy atom. The molecule has 0 aliphatic rings. The molecule has 4 N–H and O–H groups in total. The Labute approximate surface area is 158 Å². The summed E-state index contributed by atoms with van der Waals surface area (Å²) in [4.78, 5) is 10.1. The Bertz CT molecular complexity index is 807. The minimum Gasteiger partial charge on any atom is -0.394 e. The summed E-state index contributed by atoms with van der Waals surface area (Å²) < 4.78 is 13.4. The number of halogens is 2. The Kier molecular flexibility index (Phi) is 6.81. The van der Waals surface area contributed by atoms with E-state index < -0.39 is 29.5 Å². The summed E-state index contributed by atoms with van der Waals surface area (Å²) in [6.07, 6.45) is -1.18. The van der Waals surface area contributed by atoms with Crippen LogP contribution in [0.5, 0.6) is 0 Å². The zero-order valence-electron chi connectivity index (χ0n) is 13.2. The zero-order chi connectivity index (χ0) is 19.3. The van der Waals surface area contributed by atoms with Crippen LogP contribution in [-0.2, 0) is 0 Å². The number of nitrogens with zero attached hydrogens (tertiary/aromatic N) is 1. The van der Waals surface area contributed by atoms with E-state index >= 15 is 0 Å². The van der Waals surface area contributed by atoms with Gasteiger partial charge in [0.2, 0.25) is 0 Å². The van der Waals surface area contributed by atoms with Crippen molar-refractivity contribution < 1.29 is 19.5 Å². The summed E-state index contributed by atoms with van der Waals surface area (Å²) in [5, 5.41) is 36.0. The molecule has 0 bridgehead atoms. The highest BCUT2D eigenvalue weighted by Gasteiger charge is 2.22. The molecule has 7 nitrogen and oxygen atoms in total. The Balaban J connectivity index is 2.03. The first-order valence-corrected chi connectivity index (χ1v) is 8.16. The van der Waals surface area contributed by atoms with Gasteiger partial charge in [0.05, 0.1) is 22.6 Å². The lowest BCUT2D eigenvalue weighted by Crippen LogP contribution is -2.43. The fraction of sp³-hybridized carbons (Fsp3) is 0.188. The lowest BCUT2D eigenvalue weighted by molar-refractivity contribution is -0.384. The molecule has 26 heavy (non-hydrogen) atoms. The molecule has 0 amide bonds. The molecule has 2 aromatic carbocycles. The van der Waals surface area contributed by atoms with Crippen molar-refractivity contribution in [3.8, 4) is 0 Å². The van der Waals surface area contributed by atoms with Crippen LogP contribution in [0.3, 0.4) is 0 Å². The molecule has 0 aliphatic carbocycles. The molecule has 2 aromatic rings. The normalized spacial score (nSPS) is 12.9. The topological polar surface area (TPSA) is 108 Å². The number of aliphatic hydroxyl groups is 2. The van der Waals surface area contributed by atoms with Gasteiger partial charge in [0.25, 0.3) is 5.69 Å². The molecular formula is C16H15ClFN3O4S. The van der Waals surface area contributed by atoms with Crippen molar-refractivity contribution in [1.82, 2.24) is 5.32 Å². The van der Waals surface area contributed by atoms with Crippen LogP contribution >= 0.6 is 23.8 Å². The average Bonchev–Trinajstić information content (AvgIpc) is 2.62. The lowest BCUT2D eigenvalue weighted by atomic mass is 10.0. The highest BCUT2D eigenvalue weighted by molar-refractivity contribution is 7.80. The number of thiocarbonyl (C=S) groups is 1. The van der Waals surface area contributed by atoms with Crippen LogP contribution in [0, 0.1) is 15.9 Å². The standard InChI is InChI=1S/C16H15ClFN3O4S/c17-12-6-3-10(7-13(12)18)19-16(26)20-14(8-22)15(23)9-1-4-11(5-2-9)21(24)25/h1-7,14-15,22-23H,8H2,(H2,19,20,26). The number of hydrogen-bond donors (Lipinski definition) is 4. The van der Waals surface area contributed by atoms with Gasteiger partial charge >= 0.3 is 0 Å². The number of non-ortho nitro benzene ring substituents is 1. The van der Waals surface area contributed by atoms with E-state index in [1.54, 1.807) is 0 Å². The van der Waals surface area contributed by atoms with Crippen molar-refractivity contribution in [2.75, 3.05) is 11.9 Å². The Morgan fingerprint density at radius 3 is 2.50 bits per heavy atom. The molecule has 0 aromatic heterocycles. The summed E-state index contributed by atoms with van der Waals surface area (Å²) in [5.74, 6) is -0.621. The minimum absolute atomic E-state index is 0.0312. The fourth-order valence-corrected chi connectivity index (χ4v) is 2.55. The van der Waals surface area contributed by atoms with Crippen LogP contribution in [0.25, 0.3) is 0 Å². The van der Waals surface area contributed by atoms with Crippen LogP contribution in [0.15, 0.2) is 42.5 Å². The van der Waals surface area contributed by atoms with Crippen molar-refractivity contribution in [1.29, 1.82) is 0 Å². The fourth-order valence-electron chi connectivity index (χ4n) is 2.16. The van der Waals surface area contributed by atoms with E-state index in [4.69, 9.17) is 23.8 Å². The minimum atomic E-state index is -1.18. The maximum absolute atomic E-state index is 13.4. The van der Waals surface area contributed by atoms with Crippen LogP contribution < -0.4 is 10.6 Å². The van der Waals surface area contributed by atoms with Crippen LogP contribution in [0.2, 0.25) is 5.02 Å².